The molecule has 0 atom stereocenters. The Morgan fingerprint density at radius 1 is 1.29 bits per heavy atom. The molecule has 0 saturated carbocycles. The van der Waals surface area contributed by atoms with Gasteiger partial charge in [-0.05, 0) is 17.8 Å². The maximum absolute atomic E-state index is 11.5. The molecule has 84 valence electrons. The van der Waals surface area contributed by atoms with Crippen molar-refractivity contribution in [3.05, 3.63) is 0 Å². The molecule has 1 amide bonds. The number of carbonyl (C=O) groups excluding carboxylic acids is 1. The van der Waals surface area contributed by atoms with Crippen LogP contribution in [0.15, 0.2) is 0 Å². The van der Waals surface area contributed by atoms with E-state index in [4.69, 9.17) is 0 Å². The molecule has 0 saturated heterocycles. The summed E-state index contributed by atoms with van der Waals surface area (Å²) in [6, 6.07) is 0. The topological polar surface area (TPSA) is 29.1 Å². The first-order chi connectivity index (χ1) is 6.13. The smallest absolute Gasteiger partial charge is 0.235 e. The monoisotopic (exact) mass is 217 g/mol. The molecule has 0 aromatic carbocycles. The van der Waals surface area contributed by atoms with Crippen LogP contribution in [0.2, 0.25) is 0 Å². The van der Waals surface area contributed by atoms with Crippen LogP contribution in [-0.2, 0) is 4.79 Å². The van der Waals surface area contributed by atoms with Crippen LogP contribution in [0.1, 0.15) is 48.0 Å². The maximum Gasteiger partial charge on any atom is 0.235 e. The largest absolute Gasteiger partial charge is 0.302 e. The van der Waals surface area contributed by atoms with Gasteiger partial charge in [-0.2, -0.15) is 0 Å². The summed E-state index contributed by atoms with van der Waals surface area (Å²) in [5.41, 5.74) is -0.181. The summed E-state index contributed by atoms with van der Waals surface area (Å²) in [4.78, 5) is 11.5. The SMILES string of the molecule is CC(C)C(C)(C)CC(C)(C)C(=O)NS. The zero-order valence-corrected chi connectivity index (χ0v) is 11.0. The molecule has 0 rings (SSSR count). The molecule has 14 heavy (non-hydrogen) atoms. The first-order valence-electron chi connectivity index (χ1n) is 5.08. The van der Waals surface area contributed by atoms with Gasteiger partial charge in [0.25, 0.3) is 0 Å². The van der Waals surface area contributed by atoms with Gasteiger partial charge in [-0.3, -0.25) is 4.79 Å². The highest BCUT2D eigenvalue weighted by Crippen LogP contribution is 2.39. The molecule has 0 aromatic heterocycles. The van der Waals surface area contributed by atoms with Crippen molar-refractivity contribution in [3.8, 4) is 0 Å². The van der Waals surface area contributed by atoms with Gasteiger partial charge in [0.1, 0.15) is 0 Å². The van der Waals surface area contributed by atoms with E-state index in [0.29, 0.717) is 5.92 Å². The van der Waals surface area contributed by atoms with Crippen molar-refractivity contribution in [3.63, 3.8) is 0 Å². The Morgan fingerprint density at radius 2 is 1.71 bits per heavy atom. The minimum Gasteiger partial charge on any atom is -0.302 e. The summed E-state index contributed by atoms with van der Waals surface area (Å²) in [6.07, 6.45) is 0.865. The molecule has 0 fully saturated rings. The first-order valence-corrected chi connectivity index (χ1v) is 5.53. The zero-order valence-electron chi connectivity index (χ0n) is 10.1. The summed E-state index contributed by atoms with van der Waals surface area (Å²) in [7, 11) is 0. The van der Waals surface area contributed by atoms with Crippen LogP contribution in [0.3, 0.4) is 0 Å². The Kier molecular flexibility index (Phi) is 4.50. The van der Waals surface area contributed by atoms with E-state index in [9.17, 15) is 4.79 Å². The van der Waals surface area contributed by atoms with Gasteiger partial charge in [0.15, 0.2) is 0 Å². The van der Waals surface area contributed by atoms with E-state index >= 15 is 0 Å². The molecule has 2 nitrogen and oxygen atoms in total. The highest BCUT2D eigenvalue weighted by atomic mass is 32.1. The first kappa shape index (κ1) is 13.8. The lowest BCUT2D eigenvalue weighted by Crippen LogP contribution is -2.37. The standard InChI is InChI=1S/C11H23NOS/c1-8(2)10(3,4)7-11(5,6)9(13)12-14/h8,14H,7H2,1-6H3,(H,12,13). The number of amides is 1. The van der Waals surface area contributed by atoms with Crippen molar-refractivity contribution in [1.29, 1.82) is 0 Å². The van der Waals surface area contributed by atoms with Crippen LogP contribution in [-0.4, -0.2) is 5.91 Å². The molecule has 0 aromatic rings. The summed E-state index contributed by atoms with van der Waals surface area (Å²) in [5, 5.41) is 0. The predicted octanol–water partition coefficient (Wildman–Crippen LogP) is 3.05. The summed E-state index contributed by atoms with van der Waals surface area (Å²) >= 11 is 3.81. The fraction of sp³-hybridized carbons (Fsp3) is 0.909. The van der Waals surface area contributed by atoms with Gasteiger partial charge in [-0.15, -0.1) is 0 Å². The number of hydrogen-bond acceptors (Lipinski definition) is 2. The van der Waals surface area contributed by atoms with Gasteiger partial charge in [0, 0.05) is 5.41 Å². The van der Waals surface area contributed by atoms with E-state index in [1.807, 2.05) is 13.8 Å². The highest BCUT2D eigenvalue weighted by molar-refractivity contribution is 7.78. The molecule has 0 aliphatic carbocycles. The molecule has 0 bridgehead atoms. The Labute approximate surface area is 93.4 Å². The Bertz CT molecular complexity index is 209. The van der Waals surface area contributed by atoms with E-state index in [1.165, 1.54) is 0 Å². The molecule has 0 aliphatic heterocycles. The van der Waals surface area contributed by atoms with Gasteiger partial charge >= 0.3 is 0 Å². The fourth-order valence-corrected chi connectivity index (χ4v) is 1.88. The molecule has 0 spiro atoms. The Balaban J connectivity index is 4.58. The van der Waals surface area contributed by atoms with E-state index in [-0.39, 0.29) is 16.7 Å². The minimum absolute atomic E-state index is 0.00504. The number of thiol groups is 1. The van der Waals surface area contributed by atoms with Crippen LogP contribution < -0.4 is 4.72 Å². The van der Waals surface area contributed by atoms with E-state index in [0.717, 1.165) is 6.42 Å². The molecular formula is C11H23NOS. The molecule has 0 radical (unpaired) electrons. The van der Waals surface area contributed by atoms with Gasteiger partial charge in [0.2, 0.25) is 5.91 Å². The third-order valence-electron chi connectivity index (χ3n) is 3.18. The predicted molar refractivity (Wildman–Crippen MR) is 64.1 cm³/mol. The second-order valence-corrected chi connectivity index (χ2v) is 5.87. The van der Waals surface area contributed by atoms with Crippen LogP contribution in [0.4, 0.5) is 0 Å². The second-order valence-electron chi connectivity index (χ2n) is 5.64. The average Bonchev–Trinajstić information content (AvgIpc) is 2.00. The van der Waals surface area contributed by atoms with Crippen LogP contribution in [0, 0.1) is 16.7 Å². The van der Waals surface area contributed by atoms with Gasteiger partial charge in [0.05, 0.1) is 0 Å². The van der Waals surface area contributed by atoms with Crippen LogP contribution in [0.25, 0.3) is 0 Å². The number of rotatable bonds is 4. The summed E-state index contributed by atoms with van der Waals surface area (Å²) in [6.45, 7) is 12.7. The van der Waals surface area contributed by atoms with Gasteiger partial charge in [-0.25, -0.2) is 0 Å². The van der Waals surface area contributed by atoms with Crippen molar-refractivity contribution in [2.75, 3.05) is 0 Å². The van der Waals surface area contributed by atoms with E-state index in [1.54, 1.807) is 0 Å². The molecule has 3 heteroatoms. The van der Waals surface area contributed by atoms with Crippen molar-refractivity contribution >= 4 is 18.7 Å². The van der Waals surface area contributed by atoms with Crippen molar-refractivity contribution in [2.24, 2.45) is 16.7 Å². The lowest BCUT2D eigenvalue weighted by Gasteiger charge is -2.36. The molecule has 0 heterocycles. The lowest BCUT2D eigenvalue weighted by atomic mass is 9.69. The molecule has 0 aliphatic rings. The van der Waals surface area contributed by atoms with Crippen molar-refractivity contribution < 1.29 is 4.79 Å². The third kappa shape index (κ3) is 3.52. The van der Waals surface area contributed by atoms with E-state index < -0.39 is 0 Å². The summed E-state index contributed by atoms with van der Waals surface area (Å²) < 4.78 is 2.42. The van der Waals surface area contributed by atoms with Crippen molar-refractivity contribution in [2.45, 2.75) is 48.0 Å². The van der Waals surface area contributed by atoms with Gasteiger partial charge < -0.3 is 4.72 Å². The average molecular weight is 217 g/mol. The molecular weight excluding hydrogens is 194 g/mol. The summed E-state index contributed by atoms with van der Waals surface area (Å²) in [5.74, 6) is 0.559. The second kappa shape index (κ2) is 4.56. The van der Waals surface area contributed by atoms with Crippen molar-refractivity contribution in [1.82, 2.24) is 4.72 Å². The van der Waals surface area contributed by atoms with Gasteiger partial charge in [-0.1, -0.05) is 54.4 Å². The third-order valence-corrected chi connectivity index (χ3v) is 3.38. The zero-order chi connectivity index (χ0) is 11.6. The normalized spacial score (nSPS) is 13.1. The lowest BCUT2D eigenvalue weighted by molar-refractivity contribution is -0.129. The number of nitrogens with one attached hydrogen (secondary N) is 1. The minimum atomic E-state index is -0.352. The van der Waals surface area contributed by atoms with E-state index in [2.05, 4.69) is 45.2 Å². The highest BCUT2D eigenvalue weighted by Gasteiger charge is 2.35. The van der Waals surface area contributed by atoms with Crippen LogP contribution in [0.5, 0.6) is 0 Å². The number of carbonyl (C=O) groups is 1. The Morgan fingerprint density at radius 3 is 2.00 bits per heavy atom. The quantitative estimate of drug-likeness (QED) is 0.696. The molecule has 1 N–H and O–H groups in total. The van der Waals surface area contributed by atoms with Crippen LogP contribution >= 0.6 is 12.8 Å². The maximum atomic E-state index is 11.5. The number of hydrogen-bond donors (Lipinski definition) is 2. The molecule has 0 unspecified atom stereocenters. The Hall–Kier alpha value is -0.180. The fourth-order valence-electron chi connectivity index (χ4n) is 1.57.